The van der Waals surface area contributed by atoms with Gasteiger partial charge in [0.15, 0.2) is 0 Å². The third-order valence-electron chi connectivity index (χ3n) is 3.42. The first-order chi connectivity index (χ1) is 10.0. The average Bonchev–Trinajstić information content (AvgIpc) is 2.47. The highest BCUT2D eigenvalue weighted by Crippen LogP contribution is 2.27. The van der Waals surface area contributed by atoms with Crippen molar-refractivity contribution in [2.75, 3.05) is 7.11 Å². The van der Waals surface area contributed by atoms with Gasteiger partial charge >= 0.3 is 5.97 Å². The lowest BCUT2D eigenvalue weighted by molar-refractivity contribution is -0.141. The van der Waals surface area contributed by atoms with Crippen LogP contribution in [0.15, 0.2) is 30.9 Å². The lowest BCUT2D eigenvalue weighted by Crippen LogP contribution is -2.16. The van der Waals surface area contributed by atoms with E-state index < -0.39 is 6.04 Å². The molecular formula is C16H19N3O2. The van der Waals surface area contributed by atoms with Crippen molar-refractivity contribution in [1.82, 2.24) is 9.97 Å². The zero-order valence-electron chi connectivity index (χ0n) is 12.5. The monoisotopic (exact) mass is 285 g/mol. The van der Waals surface area contributed by atoms with Crippen LogP contribution in [0, 0.1) is 13.8 Å². The number of carbonyl (C=O) groups excluding carboxylic acids is 1. The molecule has 2 heterocycles. The Morgan fingerprint density at radius 2 is 1.81 bits per heavy atom. The molecule has 2 rings (SSSR count). The van der Waals surface area contributed by atoms with Gasteiger partial charge in [0.2, 0.25) is 0 Å². The van der Waals surface area contributed by atoms with E-state index in [4.69, 9.17) is 5.73 Å². The first-order valence-corrected chi connectivity index (χ1v) is 6.72. The number of nitrogens with zero attached hydrogens (tertiary/aromatic N) is 2. The number of aromatic nitrogens is 2. The van der Waals surface area contributed by atoms with Crippen molar-refractivity contribution >= 4 is 5.97 Å². The number of hydrogen-bond donors (Lipinski definition) is 1. The molecule has 0 bridgehead atoms. The van der Waals surface area contributed by atoms with E-state index in [0.29, 0.717) is 0 Å². The number of ether oxygens (including phenoxy) is 1. The number of rotatable bonds is 4. The molecule has 2 aromatic heterocycles. The summed E-state index contributed by atoms with van der Waals surface area (Å²) in [6, 6.07) is 1.54. The highest BCUT2D eigenvalue weighted by atomic mass is 16.5. The van der Waals surface area contributed by atoms with Crippen molar-refractivity contribution in [3.8, 4) is 11.1 Å². The van der Waals surface area contributed by atoms with E-state index in [1.54, 1.807) is 12.4 Å². The number of carbonyl (C=O) groups is 1. The molecule has 0 saturated carbocycles. The number of aryl methyl sites for hydroxylation is 2. The summed E-state index contributed by atoms with van der Waals surface area (Å²) in [6.45, 7) is 4.02. The van der Waals surface area contributed by atoms with E-state index in [0.717, 1.165) is 27.8 Å². The van der Waals surface area contributed by atoms with E-state index in [1.807, 2.05) is 32.3 Å². The molecule has 0 spiro atoms. The second-order valence-electron chi connectivity index (χ2n) is 5.04. The normalized spacial score (nSPS) is 12.0. The quantitative estimate of drug-likeness (QED) is 0.872. The summed E-state index contributed by atoms with van der Waals surface area (Å²) in [6.07, 6.45) is 7.26. The van der Waals surface area contributed by atoms with Crippen molar-refractivity contribution in [3.63, 3.8) is 0 Å². The van der Waals surface area contributed by atoms with Crippen LogP contribution in [0.25, 0.3) is 11.1 Å². The smallest absolute Gasteiger partial charge is 0.307 e. The van der Waals surface area contributed by atoms with Gasteiger partial charge in [0.1, 0.15) is 0 Å². The van der Waals surface area contributed by atoms with Gasteiger partial charge in [0, 0.05) is 36.4 Å². The molecule has 0 saturated heterocycles. The summed E-state index contributed by atoms with van der Waals surface area (Å²) in [5.41, 5.74) is 11.1. The Bertz CT molecular complexity index is 635. The van der Waals surface area contributed by atoms with Gasteiger partial charge in [-0.1, -0.05) is 0 Å². The largest absolute Gasteiger partial charge is 0.469 e. The SMILES string of the molecule is COC(=O)CC(N)c1cncc(-c2c(C)cncc2C)c1. The van der Waals surface area contributed by atoms with Crippen molar-refractivity contribution in [2.24, 2.45) is 5.73 Å². The second-order valence-corrected chi connectivity index (χ2v) is 5.04. The molecule has 1 unspecified atom stereocenters. The Balaban J connectivity index is 2.36. The molecule has 1 atom stereocenters. The summed E-state index contributed by atoms with van der Waals surface area (Å²) < 4.78 is 4.65. The average molecular weight is 285 g/mol. The van der Waals surface area contributed by atoms with Gasteiger partial charge in [-0.05, 0) is 42.2 Å². The van der Waals surface area contributed by atoms with Crippen LogP contribution in [-0.2, 0) is 9.53 Å². The van der Waals surface area contributed by atoms with Crippen LogP contribution in [0.1, 0.15) is 29.2 Å². The van der Waals surface area contributed by atoms with Crippen LogP contribution < -0.4 is 5.73 Å². The van der Waals surface area contributed by atoms with E-state index in [2.05, 4.69) is 14.7 Å². The van der Waals surface area contributed by atoms with Crippen LogP contribution in [0.5, 0.6) is 0 Å². The van der Waals surface area contributed by atoms with Crippen LogP contribution in [0.2, 0.25) is 0 Å². The Labute approximate surface area is 124 Å². The lowest BCUT2D eigenvalue weighted by atomic mass is 9.96. The van der Waals surface area contributed by atoms with E-state index in [9.17, 15) is 4.79 Å². The molecule has 110 valence electrons. The molecule has 0 aromatic carbocycles. The summed E-state index contributed by atoms with van der Waals surface area (Å²) >= 11 is 0. The minimum atomic E-state index is -0.424. The molecule has 0 radical (unpaired) electrons. The van der Waals surface area contributed by atoms with Crippen LogP contribution in [0.3, 0.4) is 0 Å². The molecule has 0 amide bonds. The maximum absolute atomic E-state index is 11.3. The summed E-state index contributed by atoms with van der Waals surface area (Å²) in [7, 11) is 1.35. The molecule has 5 heteroatoms. The maximum Gasteiger partial charge on any atom is 0.307 e. The number of hydrogen-bond acceptors (Lipinski definition) is 5. The number of nitrogens with two attached hydrogens (primary N) is 1. The molecule has 21 heavy (non-hydrogen) atoms. The maximum atomic E-state index is 11.3. The van der Waals surface area contributed by atoms with E-state index in [1.165, 1.54) is 7.11 Å². The Hall–Kier alpha value is -2.27. The van der Waals surface area contributed by atoms with Gasteiger partial charge in [-0.3, -0.25) is 14.8 Å². The minimum absolute atomic E-state index is 0.135. The molecular weight excluding hydrogens is 266 g/mol. The molecule has 2 aromatic rings. The number of esters is 1. The van der Waals surface area contributed by atoms with Gasteiger partial charge in [-0.2, -0.15) is 0 Å². The fourth-order valence-electron chi connectivity index (χ4n) is 2.33. The first-order valence-electron chi connectivity index (χ1n) is 6.72. The summed E-state index contributed by atoms with van der Waals surface area (Å²) in [5, 5.41) is 0. The highest BCUT2D eigenvalue weighted by molar-refractivity contribution is 5.72. The third-order valence-corrected chi connectivity index (χ3v) is 3.42. The summed E-state index contributed by atoms with van der Waals surface area (Å²) in [4.78, 5) is 19.7. The van der Waals surface area contributed by atoms with E-state index in [-0.39, 0.29) is 12.4 Å². The van der Waals surface area contributed by atoms with Crippen molar-refractivity contribution in [1.29, 1.82) is 0 Å². The molecule has 5 nitrogen and oxygen atoms in total. The van der Waals surface area contributed by atoms with Crippen molar-refractivity contribution in [2.45, 2.75) is 26.3 Å². The van der Waals surface area contributed by atoms with Crippen LogP contribution >= 0.6 is 0 Å². The Morgan fingerprint density at radius 3 is 2.43 bits per heavy atom. The van der Waals surface area contributed by atoms with Gasteiger partial charge in [0.05, 0.1) is 13.5 Å². The van der Waals surface area contributed by atoms with Crippen molar-refractivity contribution < 1.29 is 9.53 Å². The molecule has 0 aliphatic rings. The second kappa shape index (κ2) is 6.45. The Morgan fingerprint density at radius 1 is 1.19 bits per heavy atom. The summed E-state index contributed by atoms with van der Waals surface area (Å²) in [5.74, 6) is -0.329. The molecule has 0 fully saturated rings. The molecule has 0 aliphatic heterocycles. The zero-order chi connectivity index (χ0) is 15.4. The zero-order valence-corrected chi connectivity index (χ0v) is 12.5. The van der Waals surface area contributed by atoms with Gasteiger partial charge in [-0.15, -0.1) is 0 Å². The topological polar surface area (TPSA) is 78.1 Å². The minimum Gasteiger partial charge on any atom is -0.469 e. The van der Waals surface area contributed by atoms with Crippen LogP contribution in [-0.4, -0.2) is 23.0 Å². The van der Waals surface area contributed by atoms with E-state index >= 15 is 0 Å². The van der Waals surface area contributed by atoms with Crippen LogP contribution in [0.4, 0.5) is 0 Å². The standard InChI is InChI=1S/C16H19N3O2/c1-10-6-18-7-11(2)16(10)13-4-12(8-19-9-13)14(17)5-15(20)21-3/h4,6-9,14H,5,17H2,1-3H3. The van der Waals surface area contributed by atoms with Gasteiger partial charge in [-0.25, -0.2) is 0 Å². The number of pyridine rings is 2. The number of methoxy groups -OCH3 is 1. The molecule has 0 aliphatic carbocycles. The third kappa shape index (κ3) is 3.44. The lowest BCUT2D eigenvalue weighted by Gasteiger charge is -2.13. The Kier molecular flexibility index (Phi) is 4.65. The first kappa shape index (κ1) is 15.1. The van der Waals surface area contributed by atoms with Crippen molar-refractivity contribution in [3.05, 3.63) is 47.5 Å². The highest BCUT2D eigenvalue weighted by Gasteiger charge is 2.14. The van der Waals surface area contributed by atoms with Gasteiger partial charge < -0.3 is 10.5 Å². The fourth-order valence-corrected chi connectivity index (χ4v) is 2.33. The van der Waals surface area contributed by atoms with Gasteiger partial charge in [0.25, 0.3) is 0 Å². The predicted octanol–water partition coefficient (Wildman–Crippen LogP) is 2.32. The predicted molar refractivity (Wildman–Crippen MR) is 80.5 cm³/mol. The molecule has 2 N–H and O–H groups in total. The fraction of sp³-hybridized carbons (Fsp3) is 0.312.